The predicted octanol–water partition coefficient (Wildman–Crippen LogP) is 3.12. The van der Waals surface area contributed by atoms with Crippen molar-refractivity contribution in [1.82, 2.24) is 20.2 Å². The largest absolute Gasteiger partial charge is 0.298 e. The van der Waals surface area contributed by atoms with Gasteiger partial charge in [-0.3, -0.25) is 19.9 Å². The summed E-state index contributed by atoms with van der Waals surface area (Å²) in [6, 6.07) is 3.63. The maximum Gasteiger partial charge on any atom is 0.153 e. The number of aromatic amines is 1. The van der Waals surface area contributed by atoms with Gasteiger partial charge in [0.25, 0.3) is 0 Å². The van der Waals surface area contributed by atoms with Crippen LogP contribution in [0.3, 0.4) is 0 Å². The highest BCUT2D eigenvalue weighted by Gasteiger charge is 1.97. The van der Waals surface area contributed by atoms with E-state index in [4.69, 9.17) is 11.6 Å². The number of nitrogens with zero attached hydrogens (tertiary/aromatic N) is 3. The first-order valence-corrected chi connectivity index (χ1v) is 6.31. The second kappa shape index (κ2) is 6.25. The second-order valence-corrected chi connectivity index (χ2v) is 4.66. The van der Waals surface area contributed by atoms with Gasteiger partial charge in [-0.25, -0.2) is 0 Å². The molecule has 0 aliphatic heterocycles. The topological polar surface area (TPSA) is 71.5 Å². The van der Waals surface area contributed by atoms with Crippen LogP contribution in [0.1, 0.15) is 21.7 Å². The lowest BCUT2D eigenvalue weighted by Gasteiger charge is -1.94. The van der Waals surface area contributed by atoms with Crippen LogP contribution in [-0.2, 0) is 0 Å². The third-order valence-electron chi connectivity index (χ3n) is 2.61. The molecule has 0 unspecified atom stereocenters. The fraction of sp³-hybridized carbons (Fsp3) is 0.143. The second-order valence-electron chi connectivity index (χ2n) is 4.25. The summed E-state index contributed by atoms with van der Waals surface area (Å²) in [5, 5.41) is 8.27. The van der Waals surface area contributed by atoms with Crippen molar-refractivity contribution in [1.29, 1.82) is 0 Å². The number of carbonyl (C=O) groups excluding carboxylic acids is 1. The van der Waals surface area contributed by atoms with Crippen LogP contribution in [0.25, 0.3) is 10.9 Å². The summed E-state index contributed by atoms with van der Waals surface area (Å²) in [5.74, 6) is 0. The smallest absolute Gasteiger partial charge is 0.153 e. The number of hydrogen-bond acceptors (Lipinski definition) is 4. The molecule has 0 atom stereocenters. The van der Waals surface area contributed by atoms with Gasteiger partial charge in [0.15, 0.2) is 6.29 Å². The van der Waals surface area contributed by atoms with Crippen LogP contribution < -0.4 is 0 Å². The highest BCUT2D eigenvalue weighted by Crippen LogP contribution is 2.12. The van der Waals surface area contributed by atoms with E-state index in [1.165, 1.54) is 6.20 Å². The molecule has 3 aromatic heterocycles. The molecule has 0 amide bonds. The molecule has 3 heterocycles. The van der Waals surface area contributed by atoms with Crippen LogP contribution >= 0.6 is 11.6 Å². The van der Waals surface area contributed by atoms with Crippen molar-refractivity contribution in [3.05, 3.63) is 52.7 Å². The number of carbonyl (C=O) groups is 1. The Morgan fingerprint density at radius 1 is 1.10 bits per heavy atom. The van der Waals surface area contributed by atoms with Gasteiger partial charge in [-0.2, -0.15) is 5.10 Å². The maximum absolute atomic E-state index is 10.2. The number of hydrogen-bond donors (Lipinski definition) is 1. The first kappa shape index (κ1) is 14.1. The number of halogens is 1. The van der Waals surface area contributed by atoms with Crippen molar-refractivity contribution in [3.63, 3.8) is 0 Å². The Morgan fingerprint density at radius 3 is 2.50 bits per heavy atom. The zero-order valence-corrected chi connectivity index (χ0v) is 11.8. The molecule has 6 heteroatoms. The number of rotatable bonds is 1. The van der Waals surface area contributed by atoms with Crippen molar-refractivity contribution < 1.29 is 4.79 Å². The van der Waals surface area contributed by atoms with Gasteiger partial charge in [0.2, 0.25) is 0 Å². The molecule has 3 aromatic rings. The van der Waals surface area contributed by atoms with E-state index in [1.54, 1.807) is 12.3 Å². The number of aryl methyl sites for hydroxylation is 2. The number of H-pyrrole nitrogens is 1. The Hall–Kier alpha value is -2.27. The monoisotopic (exact) mass is 288 g/mol. The maximum atomic E-state index is 10.2. The zero-order valence-electron chi connectivity index (χ0n) is 11.1. The minimum atomic E-state index is 0.437. The quantitative estimate of drug-likeness (QED) is 0.698. The van der Waals surface area contributed by atoms with Crippen LogP contribution in [0.5, 0.6) is 0 Å². The van der Waals surface area contributed by atoms with E-state index in [1.807, 2.05) is 26.1 Å². The molecule has 0 saturated carbocycles. The van der Waals surface area contributed by atoms with Crippen molar-refractivity contribution in [2.24, 2.45) is 0 Å². The third kappa shape index (κ3) is 3.39. The molecule has 0 aliphatic carbocycles. The van der Waals surface area contributed by atoms with Crippen molar-refractivity contribution in [2.45, 2.75) is 13.8 Å². The first-order chi connectivity index (χ1) is 9.60. The summed E-state index contributed by atoms with van der Waals surface area (Å²) in [6.45, 7) is 3.78. The summed E-state index contributed by atoms with van der Waals surface area (Å²) in [5.41, 5.74) is 3.31. The molecule has 5 nitrogen and oxygen atoms in total. The van der Waals surface area contributed by atoms with Gasteiger partial charge >= 0.3 is 0 Å². The van der Waals surface area contributed by atoms with Gasteiger partial charge in [0.1, 0.15) is 0 Å². The summed E-state index contributed by atoms with van der Waals surface area (Å²) < 4.78 is 0. The van der Waals surface area contributed by atoms with Crippen molar-refractivity contribution in [2.75, 3.05) is 0 Å². The summed E-state index contributed by atoms with van der Waals surface area (Å²) in [4.78, 5) is 18.2. The summed E-state index contributed by atoms with van der Waals surface area (Å²) in [6.07, 6.45) is 5.73. The molecule has 0 saturated heterocycles. The van der Waals surface area contributed by atoms with Gasteiger partial charge < -0.3 is 0 Å². The van der Waals surface area contributed by atoms with Gasteiger partial charge in [0, 0.05) is 29.2 Å². The predicted molar refractivity (Wildman–Crippen MR) is 78.0 cm³/mol. The number of pyridine rings is 2. The molecular formula is C14H13ClN4O. The lowest BCUT2D eigenvalue weighted by Crippen LogP contribution is -1.86. The molecule has 0 fully saturated rings. The minimum Gasteiger partial charge on any atom is -0.298 e. The molecule has 3 rings (SSSR count). The van der Waals surface area contributed by atoms with Crippen molar-refractivity contribution >= 4 is 28.8 Å². The molecule has 20 heavy (non-hydrogen) atoms. The van der Waals surface area contributed by atoms with Crippen molar-refractivity contribution in [3.8, 4) is 0 Å². The third-order valence-corrected chi connectivity index (χ3v) is 2.93. The van der Waals surface area contributed by atoms with Crippen LogP contribution in [0.2, 0.25) is 5.02 Å². The molecule has 0 bridgehead atoms. The molecule has 102 valence electrons. The molecule has 0 aromatic carbocycles. The van der Waals surface area contributed by atoms with Gasteiger partial charge in [-0.05, 0) is 26.0 Å². The SMILES string of the molecule is Cc1cc(Cl)c(C=O)cn1.Cc1cc2[nH]ncc2cn1. The Morgan fingerprint density at radius 2 is 1.80 bits per heavy atom. The van der Waals surface area contributed by atoms with Crippen LogP contribution in [0.15, 0.2) is 30.7 Å². The highest BCUT2D eigenvalue weighted by atomic mass is 35.5. The van der Waals surface area contributed by atoms with E-state index in [0.29, 0.717) is 16.9 Å². The van der Waals surface area contributed by atoms with Gasteiger partial charge in [-0.1, -0.05) is 11.6 Å². The van der Waals surface area contributed by atoms with E-state index in [2.05, 4.69) is 20.2 Å². The lowest BCUT2D eigenvalue weighted by atomic mass is 10.3. The average molecular weight is 289 g/mol. The van der Waals surface area contributed by atoms with E-state index in [-0.39, 0.29) is 0 Å². The summed E-state index contributed by atoms with van der Waals surface area (Å²) >= 11 is 5.66. The van der Waals surface area contributed by atoms with Gasteiger partial charge in [0.05, 0.1) is 22.3 Å². The zero-order chi connectivity index (χ0) is 14.5. The molecule has 0 spiro atoms. The summed E-state index contributed by atoms with van der Waals surface area (Å²) in [7, 11) is 0. The molecule has 0 aliphatic rings. The van der Waals surface area contributed by atoms with E-state index < -0.39 is 0 Å². The van der Waals surface area contributed by atoms with Crippen LogP contribution in [-0.4, -0.2) is 26.5 Å². The Balaban J connectivity index is 0.000000147. The Bertz CT molecular complexity index is 739. The normalized spacial score (nSPS) is 9.95. The first-order valence-electron chi connectivity index (χ1n) is 5.93. The highest BCUT2D eigenvalue weighted by molar-refractivity contribution is 6.32. The lowest BCUT2D eigenvalue weighted by molar-refractivity contribution is 0.112. The van der Waals surface area contributed by atoms with Crippen LogP contribution in [0, 0.1) is 13.8 Å². The van der Waals surface area contributed by atoms with E-state index in [9.17, 15) is 4.79 Å². The Kier molecular flexibility index (Phi) is 4.42. The standard InChI is InChI=1S/C7H6ClNO.C7H7N3/c1-5-2-7(8)6(4-10)3-9-5;1-5-2-7-6(3-8-5)4-9-10-7/h2-4H,1H3;2-4H,1H3,(H,9,10). The average Bonchev–Trinajstić information content (AvgIpc) is 2.87. The number of aldehydes is 1. The fourth-order valence-corrected chi connectivity index (χ4v) is 1.82. The minimum absolute atomic E-state index is 0.437. The van der Waals surface area contributed by atoms with Crippen LogP contribution in [0.4, 0.5) is 0 Å². The molecular weight excluding hydrogens is 276 g/mol. The molecule has 0 radical (unpaired) electrons. The van der Waals surface area contributed by atoms with E-state index >= 15 is 0 Å². The number of fused-ring (bicyclic) bond motifs is 1. The number of aromatic nitrogens is 4. The van der Waals surface area contributed by atoms with Gasteiger partial charge in [-0.15, -0.1) is 0 Å². The number of nitrogens with one attached hydrogen (secondary N) is 1. The molecule has 1 N–H and O–H groups in total. The Labute approximate surface area is 121 Å². The van der Waals surface area contributed by atoms with E-state index in [0.717, 1.165) is 22.3 Å². The fourth-order valence-electron chi connectivity index (χ4n) is 1.57.